The van der Waals surface area contributed by atoms with E-state index in [4.69, 9.17) is 21.4 Å². The van der Waals surface area contributed by atoms with E-state index in [1.54, 1.807) is 30.5 Å². The minimum atomic E-state index is -0.401. The van der Waals surface area contributed by atoms with Crippen molar-refractivity contribution in [1.82, 2.24) is 10.3 Å². The number of aromatic nitrogens is 1. The first-order valence-electron chi connectivity index (χ1n) is 12.7. The molecule has 9 heteroatoms. The Balaban J connectivity index is 1.37. The van der Waals surface area contributed by atoms with Crippen LogP contribution in [-0.4, -0.2) is 21.1 Å². The standard InChI is InChI=1S/C29H26N4O4S/c34-33(35)24-11-4-3-9-22(24)25-16-17-26(37-25)28-27(23-10-5-6-18-30-23)31-29(38)32(28)19-12-14-21(15-13-19)36-20-7-1-2-8-20/h3-6,9-18,20,27-28H,1-2,7-8H2,(H,31,38)/t27-,28-/m1/s1. The van der Waals surface area contributed by atoms with Gasteiger partial charge in [-0.2, -0.15) is 0 Å². The van der Waals surface area contributed by atoms with Crippen LogP contribution in [0.25, 0.3) is 11.3 Å². The van der Waals surface area contributed by atoms with E-state index >= 15 is 0 Å². The number of furan rings is 1. The number of hydrogen-bond acceptors (Lipinski definition) is 6. The maximum absolute atomic E-state index is 11.6. The summed E-state index contributed by atoms with van der Waals surface area (Å²) in [6, 6.07) is 23.2. The van der Waals surface area contributed by atoms with Crippen LogP contribution in [0.1, 0.15) is 49.2 Å². The molecule has 6 rings (SSSR count). The van der Waals surface area contributed by atoms with Gasteiger partial charge in [0, 0.05) is 18.0 Å². The van der Waals surface area contributed by atoms with Crippen molar-refractivity contribution in [3.05, 3.63) is 107 Å². The van der Waals surface area contributed by atoms with Crippen molar-refractivity contribution < 1.29 is 14.1 Å². The Morgan fingerprint density at radius 1 is 1.00 bits per heavy atom. The third-order valence-electron chi connectivity index (χ3n) is 7.10. The first-order valence-corrected chi connectivity index (χ1v) is 13.1. The number of ether oxygens (including phenoxy) is 1. The van der Waals surface area contributed by atoms with E-state index < -0.39 is 4.92 Å². The molecular weight excluding hydrogens is 500 g/mol. The lowest BCUT2D eigenvalue weighted by Crippen LogP contribution is -2.29. The van der Waals surface area contributed by atoms with Crippen LogP contribution in [0.5, 0.6) is 5.75 Å². The fraction of sp³-hybridized carbons (Fsp3) is 0.241. The van der Waals surface area contributed by atoms with Crippen LogP contribution >= 0.6 is 12.2 Å². The molecule has 3 heterocycles. The number of benzene rings is 2. The Hall–Kier alpha value is -4.24. The number of hydrogen-bond donors (Lipinski definition) is 1. The highest BCUT2D eigenvalue weighted by molar-refractivity contribution is 7.80. The highest BCUT2D eigenvalue weighted by atomic mass is 32.1. The number of nitrogens with one attached hydrogen (secondary N) is 1. The second-order valence-electron chi connectivity index (χ2n) is 9.49. The summed E-state index contributed by atoms with van der Waals surface area (Å²) >= 11 is 5.81. The largest absolute Gasteiger partial charge is 0.490 e. The van der Waals surface area contributed by atoms with Gasteiger partial charge in [-0.25, -0.2) is 0 Å². The van der Waals surface area contributed by atoms with Crippen molar-refractivity contribution in [2.75, 3.05) is 4.90 Å². The second kappa shape index (κ2) is 10.3. The molecular formula is C29H26N4O4S. The molecule has 38 heavy (non-hydrogen) atoms. The van der Waals surface area contributed by atoms with Crippen molar-refractivity contribution >= 4 is 28.7 Å². The van der Waals surface area contributed by atoms with E-state index in [1.807, 2.05) is 53.4 Å². The average molecular weight is 527 g/mol. The number of nitro groups is 1. The molecule has 1 aliphatic carbocycles. The second-order valence-corrected chi connectivity index (χ2v) is 9.88. The number of rotatable bonds is 7. The first-order chi connectivity index (χ1) is 18.6. The Kier molecular flexibility index (Phi) is 6.51. The zero-order chi connectivity index (χ0) is 26.1. The molecule has 2 aromatic carbocycles. The minimum absolute atomic E-state index is 0.00977. The fourth-order valence-corrected chi connectivity index (χ4v) is 5.65. The van der Waals surface area contributed by atoms with E-state index in [9.17, 15) is 10.1 Å². The molecule has 1 saturated heterocycles. The average Bonchev–Trinajstić information content (AvgIpc) is 3.70. The molecule has 1 saturated carbocycles. The van der Waals surface area contributed by atoms with Gasteiger partial charge in [0.1, 0.15) is 23.3 Å². The lowest BCUT2D eigenvalue weighted by Gasteiger charge is -2.26. The molecule has 2 aliphatic rings. The number of thiocarbonyl (C=S) groups is 1. The number of nitrogens with zero attached hydrogens (tertiary/aromatic N) is 3. The molecule has 0 radical (unpaired) electrons. The van der Waals surface area contributed by atoms with Crippen LogP contribution in [0.4, 0.5) is 11.4 Å². The maximum Gasteiger partial charge on any atom is 0.280 e. The SMILES string of the molecule is O=[N+]([O-])c1ccccc1-c1ccc([C@@H]2[C@@H](c3ccccn3)NC(=S)N2c2ccc(OC3CCCC3)cc2)o1. The topological polar surface area (TPSA) is 93.7 Å². The van der Waals surface area contributed by atoms with Gasteiger partial charge < -0.3 is 19.4 Å². The smallest absolute Gasteiger partial charge is 0.280 e. The molecule has 1 aliphatic heterocycles. The predicted molar refractivity (Wildman–Crippen MR) is 148 cm³/mol. The first kappa shape index (κ1) is 24.1. The van der Waals surface area contributed by atoms with Gasteiger partial charge in [-0.1, -0.05) is 18.2 Å². The summed E-state index contributed by atoms with van der Waals surface area (Å²) < 4.78 is 12.5. The van der Waals surface area contributed by atoms with Crippen LogP contribution in [0, 0.1) is 10.1 Å². The summed E-state index contributed by atoms with van der Waals surface area (Å²) in [6.45, 7) is 0. The molecule has 2 fully saturated rings. The summed E-state index contributed by atoms with van der Waals surface area (Å²) in [5.41, 5.74) is 2.11. The van der Waals surface area contributed by atoms with Crippen LogP contribution in [0.3, 0.4) is 0 Å². The summed E-state index contributed by atoms with van der Waals surface area (Å²) in [6.07, 6.45) is 6.64. The van der Waals surface area contributed by atoms with E-state index in [0.717, 1.165) is 30.0 Å². The molecule has 2 aromatic heterocycles. The van der Waals surface area contributed by atoms with Crippen molar-refractivity contribution in [1.29, 1.82) is 0 Å². The Morgan fingerprint density at radius 3 is 2.50 bits per heavy atom. The summed E-state index contributed by atoms with van der Waals surface area (Å²) in [4.78, 5) is 17.8. The molecule has 1 N–H and O–H groups in total. The Bertz CT molecular complexity index is 1450. The zero-order valence-corrected chi connectivity index (χ0v) is 21.3. The summed E-state index contributed by atoms with van der Waals surface area (Å²) in [7, 11) is 0. The van der Waals surface area contributed by atoms with Gasteiger partial charge in [-0.3, -0.25) is 15.1 Å². The number of pyridine rings is 1. The lowest BCUT2D eigenvalue weighted by atomic mass is 10.0. The van der Waals surface area contributed by atoms with Crippen molar-refractivity contribution in [3.8, 4) is 17.1 Å². The van der Waals surface area contributed by atoms with Crippen molar-refractivity contribution in [2.24, 2.45) is 0 Å². The highest BCUT2D eigenvalue weighted by Crippen LogP contribution is 2.44. The number of anilines is 1. The maximum atomic E-state index is 11.6. The van der Waals surface area contributed by atoms with Crippen LogP contribution in [-0.2, 0) is 0 Å². The lowest BCUT2D eigenvalue weighted by molar-refractivity contribution is -0.384. The summed E-state index contributed by atoms with van der Waals surface area (Å²) in [5, 5.41) is 15.6. The van der Waals surface area contributed by atoms with Gasteiger partial charge >= 0.3 is 0 Å². The van der Waals surface area contributed by atoms with Crippen LogP contribution in [0.2, 0.25) is 0 Å². The van der Waals surface area contributed by atoms with Gasteiger partial charge in [0.15, 0.2) is 5.11 Å². The predicted octanol–water partition coefficient (Wildman–Crippen LogP) is 6.75. The van der Waals surface area contributed by atoms with Gasteiger partial charge in [-0.05, 0) is 92.5 Å². The van der Waals surface area contributed by atoms with E-state index in [2.05, 4.69) is 10.3 Å². The van der Waals surface area contributed by atoms with E-state index in [0.29, 0.717) is 22.2 Å². The molecule has 0 amide bonds. The molecule has 0 bridgehead atoms. The molecule has 0 unspecified atom stereocenters. The summed E-state index contributed by atoms with van der Waals surface area (Å²) in [5.74, 6) is 1.88. The quantitative estimate of drug-likeness (QED) is 0.161. The van der Waals surface area contributed by atoms with E-state index in [-0.39, 0.29) is 23.9 Å². The van der Waals surface area contributed by atoms with Gasteiger partial charge in [-0.15, -0.1) is 0 Å². The fourth-order valence-electron chi connectivity index (χ4n) is 5.30. The zero-order valence-electron chi connectivity index (χ0n) is 20.5. The van der Waals surface area contributed by atoms with Gasteiger partial charge in [0.2, 0.25) is 0 Å². The molecule has 0 spiro atoms. The molecule has 192 valence electrons. The Labute approximate surface area is 225 Å². The van der Waals surface area contributed by atoms with Gasteiger partial charge in [0.25, 0.3) is 5.69 Å². The van der Waals surface area contributed by atoms with Crippen LogP contribution < -0.4 is 15.0 Å². The highest BCUT2D eigenvalue weighted by Gasteiger charge is 2.42. The monoisotopic (exact) mass is 526 g/mol. The van der Waals surface area contributed by atoms with Crippen LogP contribution in [0.15, 0.2) is 89.5 Å². The normalized spacial score (nSPS) is 19.5. The van der Waals surface area contributed by atoms with Gasteiger partial charge in [0.05, 0.1) is 28.3 Å². The third-order valence-corrected chi connectivity index (χ3v) is 7.42. The van der Waals surface area contributed by atoms with Crippen molar-refractivity contribution in [3.63, 3.8) is 0 Å². The number of nitro benzene ring substituents is 1. The minimum Gasteiger partial charge on any atom is -0.490 e. The van der Waals surface area contributed by atoms with E-state index in [1.165, 1.54) is 18.9 Å². The third kappa shape index (κ3) is 4.61. The Morgan fingerprint density at radius 2 is 1.76 bits per heavy atom. The number of para-hydroxylation sites is 1. The molecule has 8 nitrogen and oxygen atoms in total. The molecule has 4 aromatic rings. The molecule has 2 atom stereocenters. The van der Waals surface area contributed by atoms with Crippen molar-refractivity contribution in [2.45, 2.75) is 43.9 Å².